The molecule has 0 unspecified atom stereocenters. The molecule has 238 valence electrons. The molecule has 0 saturated carbocycles. The molecule has 0 radical (unpaired) electrons. The molecular formula is C32H47N9O3. The molecule has 12 heteroatoms. The molecule has 0 aliphatic carbocycles. The SMILES string of the molecule is C=CC(=O)N1CCN(C2CCN(C(=O)Nc3nn(C)c4c3CN(C(=O)N[C@H](CN(C)C)c3ccccc3)C4(C)C)CC2)CC1. The second-order valence-corrected chi connectivity index (χ2v) is 12.8. The highest BCUT2D eigenvalue weighted by molar-refractivity contribution is 5.90. The van der Waals surface area contributed by atoms with E-state index in [0.29, 0.717) is 51.1 Å². The lowest BCUT2D eigenvalue weighted by atomic mass is 10.0. The number of nitrogens with one attached hydrogen (secondary N) is 2. The highest BCUT2D eigenvalue weighted by Crippen LogP contribution is 2.42. The number of rotatable bonds is 7. The van der Waals surface area contributed by atoms with E-state index in [-0.39, 0.29) is 24.0 Å². The monoisotopic (exact) mass is 605 g/mol. The normalized spacial score (nSPS) is 19.5. The summed E-state index contributed by atoms with van der Waals surface area (Å²) in [6.45, 7) is 13.1. The van der Waals surface area contributed by atoms with Gasteiger partial charge in [0.15, 0.2) is 5.82 Å². The minimum absolute atomic E-state index is 0.00927. The topological polar surface area (TPSA) is 109 Å². The van der Waals surface area contributed by atoms with Crippen LogP contribution in [0.25, 0.3) is 0 Å². The molecule has 1 aromatic carbocycles. The van der Waals surface area contributed by atoms with E-state index < -0.39 is 5.54 Å². The Morgan fingerprint density at radius 3 is 2.30 bits per heavy atom. The number of nitrogens with zero attached hydrogens (tertiary/aromatic N) is 7. The predicted molar refractivity (Wildman–Crippen MR) is 170 cm³/mol. The first kappa shape index (κ1) is 31.5. The van der Waals surface area contributed by atoms with Crippen molar-refractivity contribution in [1.29, 1.82) is 0 Å². The molecule has 4 heterocycles. The van der Waals surface area contributed by atoms with E-state index >= 15 is 0 Å². The van der Waals surface area contributed by atoms with Crippen molar-refractivity contribution < 1.29 is 14.4 Å². The van der Waals surface area contributed by atoms with Gasteiger partial charge in [0.25, 0.3) is 0 Å². The Kier molecular flexibility index (Phi) is 9.31. The maximum Gasteiger partial charge on any atom is 0.323 e. The Morgan fingerprint density at radius 1 is 1.02 bits per heavy atom. The van der Waals surface area contributed by atoms with Crippen LogP contribution in [0.2, 0.25) is 0 Å². The average Bonchev–Trinajstić information content (AvgIpc) is 3.49. The number of likely N-dealkylation sites (N-methyl/N-ethyl adjacent to an activating group) is 1. The predicted octanol–water partition coefficient (Wildman–Crippen LogP) is 2.81. The molecule has 1 aromatic heterocycles. The fourth-order valence-electron chi connectivity index (χ4n) is 6.96. The number of likely N-dealkylation sites (tertiary alicyclic amines) is 1. The standard InChI is InChI=1S/C32H47N9O3/c1-7-27(42)39-19-17-38(18-20-39)24-13-15-40(16-14-24)30(43)34-29-25-21-41(32(2,3)28(25)37(6)35-29)31(44)33-26(22-36(4)5)23-11-9-8-10-12-23/h7-12,24,26H,1,13-22H2,2-6H3,(H,33,44)(H,34,35,43)/t26-/m1/s1. The van der Waals surface area contributed by atoms with Crippen LogP contribution in [0.15, 0.2) is 43.0 Å². The molecule has 12 nitrogen and oxygen atoms in total. The lowest BCUT2D eigenvalue weighted by Gasteiger charge is -2.42. The number of urea groups is 2. The maximum atomic E-state index is 13.8. The zero-order chi connectivity index (χ0) is 31.6. The minimum atomic E-state index is -0.623. The summed E-state index contributed by atoms with van der Waals surface area (Å²) in [7, 11) is 5.86. The van der Waals surface area contributed by atoms with Gasteiger partial charge in [-0.25, -0.2) is 9.59 Å². The van der Waals surface area contributed by atoms with E-state index in [2.05, 4.69) is 32.1 Å². The Hall–Kier alpha value is -3.90. The summed E-state index contributed by atoms with van der Waals surface area (Å²) in [5.41, 5.74) is 2.21. The van der Waals surface area contributed by atoms with E-state index in [1.54, 1.807) is 4.68 Å². The largest absolute Gasteiger partial charge is 0.337 e. The fraction of sp³-hybridized carbons (Fsp3) is 0.562. The highest BCUT2D eigenvalue weighted by Gasteiger charge is 2.45. The Bertz CT molecular complexity index is 1360. The zero-order valence-corrected chi connectivity index (χ0v) is 26.8. The first-order valence-electron chi connectivity index (χ1n) is 15.5. The number of hydrogen-bond donors (Lipinski definition) is 2. The van der Waals surface area contributed by atoms with Gasteiger partial charge < -0.3 is 24.9 Å². The van der Waals surface area contributed by atoms with Crippen molar-refractivity contribution >= 4 is 23.8 Å². The average molecular weight is 606 g/mol. The summed E-state index contributed by atoms with van der Waals surface area (Å²) in [5, 5.41) is 11.0. The van der Waals surface area contributed by atoms with Crippen LogP contribution in [0.4, 0.5) is 15.4 Å². The molecular weight excluding hydrogens is 558 g/mol. The second kappa shape index (κ2) is 13.0. The molecule has 44 heavy (non-hydrogen) atoms. The number of carbonyl (C=O) groups is 3. The molecule has 0 spiro atoms. The first-order valence-corrected chi connectivity index (χ1v) is 15.5. The third-order valence-corrected chi connectivity index (χ3v) is 9.30. The van der Waals surface area contributed by atoms with E-state index in [9.17, 15) is 14.4 Å². The van der Waals surface area contributed by atoms with Crippen LogP contribution < -0.4 is 10.6 Å². The Morgan fingerprint density at radius 2 is 1.68 bits per heavy atom. The van der Waals surface area contributed by atoms with Crippen LogP contribution in [-0.4, -0.2) is 118 Å². The summed E-state index contributed by atoms with van der Waals surface area (Å²) in [5.74, 6) is 0.499. The summed E-state index contributed by atoms with van der Waals surface area (Å²) in [4.78, 5) is 49.1. The van der Waals surface area contributed by atoms with Crippen LogP contribution in [-0.2, 0) is 23.9 Å². The lowest BCUT2D eigenvalue weighted by Crippen LogP contribution is -2.54. The molecule has 0 bridgehead atoms. The summed E-state index contributed by atoms with van der Waals surface area (Å²) < 4.78 is 1.79. The highest BCUT2D eigenvalue weighted by atomic mass is 16.2. The molecule has 3 aliphatic heterocycles. The molecule has 2 N–H and O–H groups in total. The van der Waals surface area contributed by atoms with Crippen LogP contribution >= 0.6 is 0 Å². The third kappa shape index (κ3) is 6.46. The fourth-order valence-corrected chi connectivity index (χ4v) is 6.96. The van der Waals surface area contributed by atoms with Gasteiger partial charge in [0, 0.05) is 64.5 Å². The molecule has 2 fully saturated rings. The summed E-state index contributed by atoms with van der Waals surface area (Å²) in [6.07, 6.45) is 3.16. The minimum Gasteiger partial charge on any atom is -0.337 e. The van der Waals surface area contributed by atoms with Crippen molar-refractivity contribution in [2.45, 2.75) is 50.9 Å². The van der Waals surface area contributed by atoms with Crippen molar-refractivity contribution in [2.75, 3.05) is 65.2 Å². The summed E-state index contributed by atoms with van der Waals surface area (Å²) in [6, 6.07) is 9.92. The molecule has 5 rings (SSSR count). The van der Waals surface area contributed by atoms with E-state index in [4.69, 9.17) is 0 Å². The second-order valence-electron chi connectivity index (χ2n) is 12.8. The van der Waals surface area contributed by atoms with Gasteiger partial charge in [-0.05, 0) is 52.4 Å². The van der Waals surface area contributed by atoms with Gasteiger partial charge in [-0.1, -0.05) is 36.9 Å². The summed E-state index contributed by atoms with van der Waals surface area (Å²) >= 11 is 0. The van der Waals surface area contributed by atoms with Crippen LogP contribution in [0.5, 0.6) is 0 Å². The van der Waals surface area contributed by atoms with Crippen LogP contribution in [0.3, 0.4) is 0 Å². The number of piperazine rings is 1. The molecule has 2 aromatic rings. The van der Waals surface area contributed by atoms with Crippen LogP contribution in [0.1, 0.15) is 49.6 Å². The number of hydrogen-bond acceptors (Lipinski definition) is 6. The van der Waals surface area contributed by atoms with Crippen molar-refractivity contribution in [3.63, 3.8) is 0 Å². The van der Waals surface area contributed by atoms with Gasteiger partial charge in [-0.2, -0.15) is 5.10 Å². The van der Waals surface area contributed by atoms with Crippen molar-refractivity contribution in [3.05, 3.63) is 59.8 Å². The number of benzene rings is 1. The molecule has 1 atom stereocenters. The zero-order valence-electron chi connectivity index (χ0n) is 26.8. The van der Waals surface area contributed by atoms with E-state index in [1.165, 1.54) is 6.08 Å². The number of aryl methyl sites for hydroxylation is 1. The first-order chi connectivity index (χ1) is 21.0. The maximum absolute atomic E-state index is 13.8. The van der Waals surface area contributed by atoms with E-state index in [1.807, 2.05) is 80.0 Å². The van der Waals surface area contributed by atoms with Gasteiger partial charge in [0.1, 0.15) is 0 Å². The van der Waals surface area contributed by atoms with Gasteiger partial charge in [0.2, 0.25) is 5.91 Å². The van der Waals surface area contributed by atoms with Crippen molar-refractivity contribution in [2.24, 2.45) is 7.05 Å². The Labute approximate surface area is 260 Å². The number of carbonyl (C=O) groups excluding carboxylic acids is 3. The molecule has 5 amide bonds. The van der Waals surface area contributed by atoms with Crippen molar-refractivity contribution in [1.82, 2.24) is 39.6 Å². The van der Waals surface area contributed by atoms with Gasteiger partial charge in [-0.3, -0.25) is 19.7 Å². The smallest absolute Gasteiger partial charge is 0.323 e. The van der Waals surface area contributed by atoms with Gasteiger partial charge in [-0.15, -0.1) is 0 Å². The van der Waals surface area contributed by atoms with Crippen molar-refractivity contribution in [3.8, 4) is 0 Å². The lowest BCUT2D eigenvalue weighted by molar-refractivity contribution is -0.128. The number of fused-ring (bicyclic) bond motifs is 1. The van der Waals surface area contributed by atoms with Crippen LogP contribution in [0, 0.1) is 0 Å². The number of amides is 5. The third-order valence-electron chi connectivity index (χ3n) is 9.30. The van der Waals surface area contributed by atoms with E-state index in [0.717, 1.165) is 42.8 Å². The number of piperidine rings is 1. The van der Waals surface area contributed by atoms with Gasteiger partial charge in [0.05, 0.1) is 23.8 Å². The Balaban J connectivity index is 1.20. The number of anilines is 1. The molecule has 2 saturated heterocycles. The number of aromatic nitrogens is 2. The van der Waals surface area contributed by atoms with Gasteiger partial charge >= 0.3 is 12.1 Å². The molecule has 3 aliphatic rings. The quantitative estimate of drug-likeness (QED) is 0.470.